The van der Waals surface area contributed by atoms with Gasteiger partial charge in [0, 0.05) is 0 Å². The number of carbonyl (C=O) groups is 1. The van der Waals surface area contributed by atoms with E-state index in [2.05, 4.69) is 0 Å². The number of rotatable bonds is 3. The number of hydrogen-bond donors (Lipinski definition) is 2. The SMILES string of the molecule is CCC1(N)CCc2cc(C(F)(F)F)ccc2N1C(=O)OCCO. The molecule has 2 rings (SSSR count). The van der Waals surface area contributed by atoms with Crippen LogP contribution in [0.3, 0.4) is 0 Å². The van der Waals surface area contributed by atoms with Crippen LogP contribution in [0.15, 0.2) is 18.2 Å². The fraction of sp³-hybridized carbons (Fsp3) is 0.533. The quantitative estimate of drug-likeness (QED) is 0.892. The van der Waals surface area contributed by atoms with Crippen molar-refractivity contribution in [3.63, 3.8) is 0 Å². The summed E-state index contributed by atoms with van der Waals surface area (Å²) in [7, 11) is 0. The predicted molar refractivity (Wildman–Crippen MR) is 77.9 cm³/mol. The molecule has 8 heteroatoms. The molecule has 1 atom stereocenters. The molecule has 0 saturated heterocycles. The summed E-state index contributed by atoms with van der Waals surface area (Å²) in [5, 5.41) is 8.77. The number of aliphatic hydroxyl groups excluding tert-OH is 1. The number of nitrogens with two attached hydrogens (primary N) is 1. The molecule has 0 bridgehead atoms. The van der Waals surface area contributed by atoms with Crippen molar-refractivity contribution in [2.75, 3.05) is 18.1 Å². The van der Waals surface area contributed by atoms with Gasteiger partial charge in [-0.1, -0.05) is 6.92 Å². The Labute approximate surface area is 131 Å². The van der Waals surface area contributed by atoms with Crippen LogP contribution >= 0.6 is 0 Å². The molecule has 1 unspecified atom stereocenters. The molecule has 5 nitrogen and oxygen atoms in total. The number of anilines is 1. The van der Waals surface area contributed by atoms with Crippen molar-refractivity contribution >= 4 is 11.8 Å². The lowest BCUT2D eigenvalue weighted by molar-refractivity contribution is -0.137. The maximum absolute atomic E-state index is 12.8. The van der Waals surface area contributed by atoms with E-state index in [4.69, 9.17) is 15.6 Å². The fourth-order valence-electron chi connectivity index (χ4n) is 2.70. The number of benzene rings is 1. The van der Waals surface area contributed by atoms with E-state index in [-0.39, 0.29) is 13.2 Å². The minimum Gasteiger partial charge on any atom is -0.447 e. The highest BCUT2D eigenvalue weighted by atomic mass is 19.4. The van der Waals surface area contributed by atoms with E-state index < -0.39 is 23.5 Å². The molecule has 1 amide bonds. The maximum atomic E-state index is 12.8. The number of halogens is 3. The number of ether oxygens (including phenoxy) is 1. The Morgan fingerprint density at radius 1 is 1.48 bits per heavy atom. The molecule has 0 fully saturated rings. The molecule has 0 radical (unpaired) electrons. The van der Waals surface area contributed by atoms with Crippen LogP contribution in [0.4, 0.5) is 23.7 Å². The summed E-state index contributed by atoms with van der Waals surface area (Å²) in [6, 6.07) is 3.21. The van der Waals surface area contributed by atoms with Crippen LogP contribution in [0.25, 0.3) is 0 Å². The third kappa shape index (κ3) is 3.42. The summed E-state index contributed by atoms with van der Waals surface area (Å²) in [5.41, 5.74) is 5.18. The van der Waals surface area contributed by atoms with Crippen molar-refractivity contribution in [1.29, 1.82) is 0 Å². The predicted octanol–water partition coefficient (Wildman–Crippen LogP) is 2.65. The lowest BCUT2D eigenvalue weighted by Crippen LogP contribution is -2.61. The highest BCUT2D eigenvalue weighted by Gasteiger charge is 2.42. The number of fused-ring (bicyclic) bond motifs is 1. The minimum atomic E-state index is -4.45. The summed E-state index contributed by atoms with van der Waals surface area (Å²) < 4.78 is 43.4. The first kappa shape index (κ1) is 17.6. The summed E-state index contributed by atoms with van der Waals surface area (Å²) in [6.07, 6.45) is -4.13. The van der Waals surface area contributed by atoms with Crippen LogP contribution < -0.4 is 10.6 Å². The molecule has 0 saturated carbocycles. The van der Waals surface area contributed by atoms with Gasteiger partial charge in [-0.3, -0.25) is 4.90 Å². The third-order valence-electron chi connectivity index (χ3n) is 4.03. The van der Waals surface area contributed by atoms with E-state index in [0.717, 1.165) is 12.1 Å². The van der Waals surface area contributed by atoms with Crippen molar-refractivity contribution in [2.24, 2.45) is 5.73 Å². The zero-order valence-electron chi connectivity index (χ0n) is 12.7. The smallest absolute Gasteiger partial charge is 0.416 e. The Balaban J connectivity index is 2.44. The van der Waals surface area contributed by atoms with Crippen LogP contribution in [0.2, 0.25) is 0 Å². The van der Waals surface area contributed by atoms with Gasteiger partial charge in [0.1, 0.15) is 6.61 Å². The third-order valence-corrected chi connectivity index (χ3v) is 4.03. The first-order valence-electron chi connectivity index (χ1n) is 7.30. The second kappa shape index (κ2) is 6.37. The Morgan fingerprint density at radius 3 is 2.74 bits per heavy atom. The largest absolute Gasteiger partial charge is 0.447 e. The van der Waals surface area contributed by atoms with Crippen molar-refractivity contribution < 1.29 is 27.8 Å². The number of aryl methyl sites for hydroxylation is 1. The number of hydrogen-bond acceptors (Lipinski definition) is 4. The Bertz CT molecular complexity index is 592. The number of alkyl halides is 3. The number of carbonyl (C=O) groups excluding carboxylic acids is 1. The molecule has 1 aromatic rings. The molecule has 3 N–H and O–H groups in total. The number of nitrogens with zero attached hydrogens (tertiary/aromatic N) is 1. The average Bonchev–Trinajstić information content (AvgIpc) is 2.51. The van der Waals surface area contributed by atoms with Crippen LogP contribution in [0.5, 0.6) is 0 Å². The molecule has 1 aliphatic rings. The summed E-state index contributed by atoms with van der Waals surface area (Å²) in [4.78, 5) is 13.5. The lowest BCUT2D eigenvalue weighted by Gasteiger charge is -2.44. The van der Waals surface area contributed by atoms with Crippen molar-refractivity contribution in [3.8, 4) is 0 Å². The molecule has 0 aromatic heterocycles. The van der Waals surface area contributed by atoms with Gasteiger partial charge < -0.3 is 15.6 Å². The topological polar surface area (TPSA) is 75.8 Å². The van der Waals surface area contributed by atoms with E-state index in [1.54, 1.807) is 6.92 Å². The Hall–Kier alpha value is -1.80. The van der Waals surface area contributed by atoms with E-state index in [1.165, 1.54) is 11.0 Å². The van der Waals surface area contributed by atoms with Gasteiger partial charge in [-0.2, -0.15) is 13.2 Å². The lowest BCUT2D eigenvalue weighted by atomic mass is 9.89. The molecule has 0 spiro atoms. The van der Waals surface area contributed by atoms with Gasteiger partial charge in [-0.05, 0) is 43.0 Å². The molecule has 0 aliphatic carbocycles. The number of aliphatic hydroxyl groups is 1. The van der Waals surface area contributed by atoms with Crippen molar-refractivity contribution in [3.05, 3.63) is 29.3 Å². The molecule has 128 valence electrons. The van der Waals surface area contributed by atoms with E-state index in [1.807, 2.05) is 0 Å². The van der Waals surface area contributed by atoms with Crippen molar-refractivity contribution in [1.82, 2.24) is 0 Å². The van der Waals surface area contributed by atoms with Crippen molar-refractivity contribution in [2.45, 2.75) is 38.0 Å². The average molecular weight is 332 g/mol. The summed E-state index contributed by atoms with van der Waals surface area (Å²) in [6.45, 7) is 1.25. The normalized spacial score (nSPS) is 21.0. The van der Waals surface area contributed by atoms with Gasteiger partial charge in [0.15, 0.2) is 0 Å². The van der Waals surface area contributed by atoms with Crippen LogP contribution in [0.1, 0.15) is 30.9 Å². The zero-order chi connectivity index (χ0) is 17.3. The highest BCUT2D eigenvalue weighted by molar-refractivity contribution is 5.91. The van der Waals surface area contributed by atoms with Gasteiger partial charge in [-0.25, -0.2) is 4.79 Å². The van der Waals surface area contributed by atoms with Crippen LogP contribution in [-0.4, -0.2) is 30.1 Å². The first-order valence-corrected chi connectivity index (χ1v) is 7.30. The van der Waals surface area contributed by atoms with Gasteiger partial charge >= 0.3 is 12.3 Å². The minimum absolute atomic E-state index is 0.203. The monoisotopic (exact) mass is 332 g/mol. The van der Waals surface area contributed by atoms with E-state index in [0.29, 0.717) is 30.5 Å². The van der Waals surface area contributed by atoms with Crippen LogP contribution in [0, 0.1) is 0 Å². The highest BCUT2D eigenvalue weighted by Crippen LogP contribution is 2.40. The standard InChI is InChI=1S/C15H19F3N2O3/c1-2-14(19)6-5-10-9-11(15(16,17)18)3-4-12(10)20(14)13(22)23-8-7-21/h3-4,9,21H,2,5-8,19H2,1H3. The molecule has 23 heavy (non-hydrogen) atoms. The van der Waals surface area contributed by atoms with Gasteiger partial charge in [0.2, 0.25) is 0 Å². The summed E-state index contributed by atoms with van der Waals surface area (Å²) in [5.74, 6) is 0. The number of amides is 1. The van der Waals surface area contributed by atoms with Gasteiger partial charge in [0.25, 0.3) is 0 Å². The summed E-state index contributed by atoms with van der Waals surface area (Å²) >= 11 is 0. The first-order chi connectivity index (χ1) is 10.7. The zero-order valence-corrected chi connectivity index (χ0v) is 12.7. The van der Waals surface area contributed by atoms with Gasteiger partial charge in [-0.15, -0.1) is 0 Å². The second-order valence-corrected chi connectivity index (χ2v) is 5.47. The second-order valence-electron chi connectivity index (χ2n) is 5.47. The maximum Gasteiger partial charge on any atom is 0.416 e. The van der Waals surface area contributed by atoms with Gasteiger partial charge in [0.05, 0.1) is 23.5 Å². The van der Waals surface area contributed by atoms with Crippen LogP contribution in [-0.2, 0) is 17.3 Å². The molecule has 1 aliphatic heterocycles. The molecule has 1 heterocycles. The fourth-order valence-corrected chi connectivity index (χ4v) is 2.70. The molecular formula is C15H19F3N2O3. The van der Waals surface area contributed by atoms with E-state index in [9.17, 15) is 18.0 Å². The molecular weight excluding hydrogens is 313 g/mol. The molecule has 1 aromatic carbocycles. The Morgan fingerprint density at radius 2 is 2.17 bits per heavy atom. The van der Waals surface area contributed by atoms with E-state index >= 15 is 0 Å². The Kier molecular flexibility index (Phi) is 4.86.